The Labute approximate surface area is 155 Å². The van der Waals surface area contributed by atoms with Gasteiger partial charge in [-0.2, -0.15) is 0 Å². The van der Waals surface area contributed by atoms with Gasteiger partial charge in [0.05, 0.1) is 13.2 Å². The van der Waals surface area contributed by atoms with Gasteiger partial charge in [-0.25, -0.2) is 0 Å². The van der Waals surface area contributed by atoms with Crippen LogP contribution in [0.3, 0.4) is 0 Å². The lowest BCUT2D eigenvalue weighted by Crippen LogP contribution is -2.08. The minimum absolute atomic E-state index is 0.190. The molecule has 1 N–H and O–H groups in total. The molecule has 0 saturated carbocycles. The minimum Gasteiger partial charge on any atom is -0.490 e. The van der Waals surface area contributed by atoms with Crippen molar-refractivity contribution in [3.05, 3.63) is 59.7 Å². The van der Waals surface area contributed by atoms with Gasteiger partial charge in [0.15, 0.2) is 11.5 Å². The summed E-state index contributed by atoms with van der Waals surface area (Å²) in [4.78, 5) is 12.2. The van der Waals surface area contributed by atoms with Crippen molar-refractivity contribution in [3.63, 3.8) is 0 Å². The molecule has 0 fully saturated rings. The first-order chi connectivity index (χ1) is 12.5. The SMILES string of the molecule is CCOc1ccc(NC(=O)/C=C/c2ccc(C(C)C)cc2)cc1OCC. The maximum Gasteiger partial charge on any atom is 0.248 e. The molecule has 0 saturated heterocycles. The Kier molecular flexibility index (Phi) is 7.27. The number of amides is 1. The van der Waals surface area contributed by atoms with Gasteiger partial charge in [-0.3, -0.25) is 4.79 Å². The smallest absolute Gasteiger partial charge is 0.248 e. The van der Waals surface area contributed by atoms with Gasteiger partial charge in [0, 0.05) is 17.8 Å². The van der Waals surface area contributed by atoms with Crippen molar-refractivity contribution in [1.29, 1.82) is 0 Å². The molecule has 4 nitrogen and oxygen atoms in total. The summed E-state index contributed by atoms with van der Waals surface area (Å²) in [6.07, 6.45) is 3.33. The summed E-state index contributed by atoms with van der Waals surface area (Å²) in [7, 11) is 0. The molecule has 0 aliphatic heterocycles. The van der Waals surface area contributed by atoms with Gasteiger partial charge in [0.25, 0.3) is 0 Å². The molecule has 0 atom stereocenters. The zero-order valence-electron chi connectivity index (χ0n) is 15.9. The van der Waals surface area contributed by atoms with E-state index < -0.39 is 0 Å². The maximum atomic E-state index is 12.2. The molecule has 0 spiro atoms. The number of benzene rings is 2. The van der Waals surface area contributed by atoms with Gasteiger partial charge in [-0.1, -0.05) is 38.1 Å². The van der Waals surface area contributed by atoms with Gasteiger partial charge in [-0.05, 0) is 49.1 Å². The molecule has 2 aromatic rings. The Balaban J connectivity index is 2.03. The predicted molar refractivity (Wildman–Crippen MR) is 107 cm³/mol. The van der Waals surface area contributed by atoms with Crippen molar-refractivity contribution in [2.24, 2.45) is 0 Å². The van der Waals surface area contributed by atoms with Crippen LogP contribution in [0, 0.1) is 0 Å². The predicted octanol–water partition coefficient (Wildman–Crippen LogP) is 5.26. The number of anilines is 1. The molecular weight excluding hydrogens is 326 g/mol. The molecule has 4 heteroatoms. The van der Waals surface area contributed by atoms with Gasteiger partial charge < -0.3 is 14.8 Å². The molecule has 0 bridgehead atoms. The van der Waals surface area contributed by atoms with Gasteiger partial charge in [-0.15, -0.1) is 0 Å². The molecule has 138 valence electrons. The second-order valence-electron chi connectivity index (χ2n) is 6.17. The topological polar surface area (TPSA) is 47.6 Å². The second kappa shape index (κ2) is 9.66. The van der Waals surface area contributed by atoms with E-state index in [0.717, 1.165) is 5.56 Å². The van der Waals surface area contributed by atoms with Crippen molar-refractivity contribution in [1.82, 2.24) is 0 Å². The van der Waals surface area contributed by atoms with Crippen LogP contribution in [0.4, 0.5) is 5.69 Å². The summed E-state index contributed by atoms with van der Waals surface area (Å²) in [6.45, 7) is 9.24. The third kappa shape index (κ3) is 5.66. The summed E-state index contributed by atoms with van der Waals surface area (Å²) in [5.74, 6) is 1.61. The van der Waals surface area contributed by atoms with Crippen molar-refractivity contribution >= 4 is 17.7 Å². The van der Waals surface area contributed by atoms with Crippen LogP contribution in [-0.2, 0) is 4.79 Å². The number of hydrogen-bond acceptors (Lipinski definition) is 3. The molecule has 2 rings (SSSR count). The number of carbonyl (C=O) groups excluding carboxylic acids is 1. The van der Waals surface area contributed by atoms with E-state index in [1.807, 2.05) is 26.0 Å². The average molecular weight is 353 g/mol. The largest absolute Gasteiger partial charge is 0.490 e. The Morgan fingerprint density at radius 3 is 2.27 bits per heavy atom. The Hall–Kier alpha value is -2.75. The van der Waals surface area contributed by atoms with Crippen LogP contribution in [0.5, 0.6) is 11.5 Å². The summed E-state index contributed by atoms with van der Waals surface area (Å²) >= 11 is 0. The minimum atomic E-state index is -0.190. The lowest BCUT2D eigenvalue weighted by atomic mass is 10.0. The number of ether oxygens (including phenoxy) is 2. The molecule has 26 heavy (non-hydrogen) atoms. The van der Waals surface area contributed by atoms with E-state index in [9.17, 15) is 4.79 Å². The molecule has 1 amide bonds. The van der Waals surface area contributed by atoms with E-state index in [1.54, 1.807) is 24.3 Å². The molecule has 0 unspecified atom stereocenters. The lowest BCUT2D eigenvalue weighted by molar-refractivity contribution is -0.111. The first kappa shape index (κ1) is 19.6. The van der Waals surface area contributed by atoms with Gasteiger partial charge in [0.1, 0.15) is 0 Å². The first-order valence-electron chi connectivity index (χ1n) is 9.02. The van der Waals surface area contributed by atoms with E-state index in [4.69, 9.17) is 9.47 Å². The van der Waals surface area contributed by atoms with E-state index in [1.165, 1.54) is 11.6 Å². The highest BCUT2D eigenvalue weighted by Gasteiger charge is 2.07. The third-order valence-electron chi connectivity index (χ3n) is 3.84. The van der Waals surface area contributed by atoms with Crippen LogP contribution >= 0.6 is 0 Å². The van der Waals surface area contributed by atoms with Crippen LogP contribution < -0.4 is 14.8 Å². The fraction of sp³-hybridized carbons (Fsp3) is 0.318. The fourth-order valence-corrected chi connectivity index (χ4v) is 2.48. The zero-order chi connectivity index (χ0) is 18.9. The van der Waals surface area contributed by atoms with Crippen molar-refractivity contribution in [2.45, 2.75) is 33.6 Å². The Morgan fingerprint density at radius 2 is 1.65 bits per heavy atom. The van der Waals surface area contributed by atoms with E-state index >= 15 is 0 Å². The van der Waals surface area contributed by atoms with E-state index in [2.05, 4.69) is 31.3 Å². The molecule has 0 aliphatic rings. The highest BCUT2D eigenvalue weighted by atomic mass is 16.5. The number of carbonyl (C=O) groups is 1. The fourth-order valence-electron chi connectivity index (χ4n) is 2.48. The quantitative estimate of drug-likeness (QED) is 0.659. The number of hydrogen-bond donors (Lipinski definition) is 1. The molecular formula is C22H27NO3. The normalized spacial score (nSPS) is 11.0. The third-order valence-corrected chi connectivity index (χ3v) is 3.84. The van der Waals surface area contributed by atoms with Crippen molar-refractivity contribution in [3.8, 4) is 11.5 Å². The van der Waals surface area contributed by atoms with E-state index in [0.29, 0.717) is 36.3 Å². The summed E-state index contributed by atoms with van der Waals surface area (Å²) in [5, 5.41) is 2.85. The average Bonchev–Trinajstić information content (AvgIpc) is 2.63. The summed E-state index contributed by atoms with van der Waals surface area (Å²) in [6, 6.07) is 13.6. The highest BCUT2D eigenvalue weighted by Crippen LogP contribution is 2.30. The molecule has 0 heterocycles. The summed E-state index contributed by atoms with van der Waals surface area (Å²) in [5.41, 5.74) is 2.94. The van der Waals surface area contributed by atoms with Crippen LogP contribution in [0.15, 0.2) is 48.5 Å². The maximum absolute atomic E-state index is 12.2. The van der Waals surface area contributed by atoms with Crippen LogP contribution in [-0.4, -0.2) is 19.1 Å². The lowest BCUT2D eigenvalue weighted by Gasteiger charge is -2.12. The Morgan fingerprint density at radius 1 is 1.00 bits per heavy atom. The van der Waals surface area contributed by atoms with E-state index in [-0.39, 0.29) is 5.91 Å². The van der Waals surface area contributed by atoms with Crippen molar-refractivity contribution in [2.75, 3.05) is 18.5 Å². The second-order valence-corrected chi connectivity index (χ2v) is 6.17. The monoisotopic (exact) mass is 353 g/mol. The first-order valence-corrected chi connectivity index (χ1v) is 9.02. The molecule has 0 radical (unpaired) electrons. The van der Waals surface area contributed by atoms with Gasteiger partial charge in [0.2, 0.25) is 5.91 Å². The zero-order valence-corrected chi connectivity index (χ0v) is 15.9. The summed E-state index contributed by atoms with van der Waals surface area (Å²) < 4.78 is 11.1. The highest BCUT2D eigenvalue weighted by molar-refractivity contribution is 6.02. The molecule has 0 aromatic heterocycles. The standard InChI is InChI=1S/C22H27NO3/c1-5-25-20-13-12-19(15-21(20)26-6-2)23-22(24)14-9-17-7-10-18(11-8-17)16(3)4/h7-16H,5-6H2,1-4H3,(H,23,24)/b14-9+. The number of rotatable bonds is 8. The molecule has 0 aliphatic carbocycles. The number of nitrogens with one attached hydrogen (secondary N) is 1. The Bertz CT molecular complexity index is 748. The van der Waals surface area contributed by atoms with Gasteiger partial charge >= 0.3 is 0 Å². The van der Waals surface area contributed by atoms with Crippen LogP contribution in [0.2, 0.25) is 0 Å². The molecule has 2 aromatic carbocycles. The van der Waals surface area contributed by atoms with Crippen LogP contribution in [0.25, 0.3) is 6.08 Å². The van der Waals surface area contributed by atoms with Crippen molar-refractivity contribution < 1.29 is 14.3 Å². The van der Waals surface area contributed by atoms with Crippen LogP contribution in [0.1, 0.15) is 44.7 Å².